The molecule has 1 unspecified atom stereocenters. The van der Waals surface area contributed by atoms with E-state index in [1.165, 1.54) is 0 Å². The van der Waals surface area contributed by atoms with Gasteiger partial charge in [0.05, 0.1) is 0 Å². The second-order valence-corrected chi connectivity index (χ2v) is 7.58. The minimum Gasteiger partial charge on any atom is -0.486 e. The highest BCUT2D eigenvalue weighted by Gasteiger charge is 2.15. The van der Waals surface area contributed by atoms with Crippen molar-refractivity contribution in [3.05, 3.63) is 47.5 Å². The maximum Gasteiger partial charge on any atom is 0.237 e. The van der Waals surface area contributed by atoms with E-state index in [1.807, 2.05) is 0 Å². The molecule has 7 nitrogen and oxygen atoms in total. The molecule has 2 N–H and O–H groups in total. The zero-order chi connectivity index (χ0) is 19.2. The van der Waals surface area contributed by atoms with Gasteiger partial charge in [-0.2, -0.15) is 0 Å². The predicted octanol–water partition coefficient (Wildman–Crippen LogP) is 2.44. The lowest BCUT2D eigenvalue weighted by atomic mass is 10.2. The van der Waals surface area contributed by atoms with Crippen LogP contribution < -0.4 is 20.1 Å². The Bertz CT molecular complexity index is 873. The average Bonchev–Trinajstić information content (AvgIpc) is 2.63. The first-order valence-corrected chi connectivity index (χ1v) is 9.96. The number of fused-ring (bicyclic) bond motifs is 1. The molecule has 0 saturated carbocycles. The monoisotopic (exact) mass is 408 g/mol. The SMILES string of the molecule is O=C(CS(=O)CC(=O)Nc1ccc2c(c1)OCCO2)Nc1ccc(Cl)cc1. The Morgan fingerprint density at radius 1 is 0.889 bits per heavy atom. The molecule has 0 spiro atoms. The van der Waals surface area contributed by atoms with Crippen molar-refractivity contribution in [2.24, 2.45) is 0 Å². The Hall–Kier alpha value is -2.58. The van der Waals surface area contributed by atoms with Crippen LogP contribution in [0.4, 0.5) is 11.4 Å². The predicted molar refractivity (Wildman–Crippen MR) is 104 cm³/mol. The highest BCUT2D eigenvalue weighted by molar-refractivity contribution is 7.86. The Morgan fingerprint density at radius 3 is 2.11 bits per heavy atom. The smallest absolute Gasteiger partial charge is 0.237 e. The van der Waals surface area contributed by atoms with Crippen LogP contribution in [-0.2, 0) is 20.4 Å². The van der Waals surface area contributed by atoms with Crippen molar-refractivity contribution in [3.8, 4) is 11.5 Å². The summed E-state index contributed by atoms with van der Waals surface area (Å²) in [4.78, 5) is 24.0. The van der Waals surface area contributed by atoms with Gasteiger partial charge in [-0.1, -0.05) is 11.6 Å². The van der Waals surface area contributed by atoms with Crippen LogP contribution in [0, 0.1) is 0 Å². The van der Waals surface area contributed by atoms with Crippen molar-refractivity contribution < 1.29 is 23.3 Å². The summed E-state index contributed by atoms with van der Waals surface area (Å²) in [6.07, 6.45) is 0. The number of hydrogen-bond donors (Lipinski definition) is 2. The van der Waals surface area contributed by atoms with E-state index in [0.29, 0.717) is 41.1 Å². The molecular formula is C18H17ClN2O5S. The van der Waals surface area contributed by atoms with Gasteiger partial charge in [-0.3, -0.25) is 13.8 Å². The molecule has 2 aromatic rings. The molecule has 2 amide bonds. The highest BCUT2D eigenvalue weighted by atomic mass is 35.5. The van der Waals surface area contributed by atoms with E-state index >= 15 is 0 Å². The number of rotatable bonds is 6. The topological polar surface area (TPSA) is 93.7 Å². The molecule has 0 aromatic heterocycles. The van der Waals surface area contributed by atoms with E-state index in [-0.39, 0.29) is 11.5 Å². The fourth-order valence-electron chi connectivity index (χ4n) is 2.39. The van der Waals surface area contributed by atoms with Crippen molar-refractivity contribution >= 4 is 45.6 Å². The minimum absolute atomic E-state index is 0.281. The molecule has 0 aliphatic carbocycles. The van der Waals surface area contributed by atoms with Gasteiger partial charge in [0.1, 0.15) is 24.7 Å². The standard InChI is InChI=1S/C18H17ClN2O5S/c19-12-1-3-13(4-2-12)20-17(22)10-27(24)11-18(23)21-14-5-6-15-16(9-14)26-8-7-25-15/h1-6,9H,7-8,10-11H2,(H,20,22)(H,21,23). The molecular weight excluding hydrogens is 392 g/mol. The Labute approximate surface area is 163 Å². The summed E-state index contributed by atoms with van der Waals surface area (Å²) in [5.41, 5.74) is 1.05. The van der Waals surface area contributed by atoms with Gasteiger partial charge in [-0.25, -0.2) is 0 Å². The molecule has 1 aliphatic rings. The molecule has 1 heterocycles. The number of carbonyl (C=O) groups excluding carboxylic acids is 2. The molecule has 142 valence electrons. The Balaban J connectivity index is 1.48. The number of halogens is 1. The molecule has 2 aromatic carbocycles. The third-order valence-corrected chi connectivity index (χ3v) is 4.96. The quantitative estimate of drug-likeness (QED) is 0.765. The summed E-state index contributed by atoms with van der Waals surface area (Å²) in [5, 5.41) is 5.79. The normalized spacial score (nSPS) is 13.5. The zero-order valence-corrected chi connectivity index (χ0v) is 15.8. The van der Waals surface area contributed by atoms with E-state index in [1.54, 1.807) is 42.5 Å². The van der Waals surface area contributed by atoms with Crippen molar-refractivity contribution in [1.82, 2.24) is 0 Å². The lowest BCUT2D eigenvalue weighted by Crippen LogP contribution is -2.26. The number of carbonyl (C=O) groups is 2. The first-order chi connectivity index (χ1) is 13.0. The number of amides is 2. The van der Waals surface area contributed by atoms with Crippen LogP contribution >= 0.6 is 11.6 Å². The van der Waals surface area contributed by atoms with Crippen LogP contribution in [0.3, 0.4) is 0 Å². The van der Waals surface area contributed by atoms with Gasteiger partial charge < -0.3 is 20.1 Å². The molecule has 0 radical (unpaired) electrons. The van der Waals surface area contributed by atoms with Gasteiger partial charge in [0, 0.05) is 33.3 Å². The van der Waals surface area contributed by atoms with Crippen LogP contribution in [0.2, 0.25) is 5.02 Å². The fourth-order valence-corrected chi connectivity index (χ4v) is 3.35. The number of anilines is 2. The van der Waals surface area contributed by atoms with Gasteiger partial charge in [-0.15, -0.1) is 0 Å². The fraction of sp³-hybridized carbons (Fsp3) is 0.222. The van der Waals surface area contributed by atoms with E-state index in [2.05, 4.69) is 10.6 Å². The van der Waals surface area contributed by atoms with E-state index in [0.717, 1.165) is 0 Å². The summed E-state index contributed by atoms with van der Waals surface area (Å²) in [6.45, 7) is 0.924. The largest absolute Gasteiger partial charge is 0.486 e. The number of ether oxygens (including phenoxy) is 2. The van der Waals surface area contributed by atoms with Gasteiger partial charge in [0.25, 0.3) is 0 Å². The number of nitrogens with one attached hydrogen (secondary N) is 2. The Kier molecular flexibility index (Phi) is 6.31. The van der Waals surface area contributed by atoms with Crippen LogP contribution in [0.25, 0.3) is 0 Å². The van der Waals surface area contributed by atoms with Crippen LogP contribution in [0.1, 0.15) is 0 Å². The van der Waals surface area contributed by atoms with Gasteiger partial charge in [-0.05, 0) is 36.4 Å². The minimum atomic E-state index is -1.64. The van der Waals surface area contributed by atoms with Crippen molar-refractivity contribution in [1.29, 1.82) is 0 Å². The zero-order valence-electron chi connectivity index (χ0n) is 14.2. The van der Waals surface area contributed by atoms with Gasteiger partial charge in [0.15, 0.2) is 11.5 Å². The van der Waals surface area contributed by atoms with Crippen LogP contribution in [0.5, 0.6) is 11.5 Å². The third-order valence-electron chi connectivity index (χ3n) is 3.54. The van der Waals surface area contributed by atoms with Crippen molar-refractivity contribution in [2.45, 2.75) is 0 Å². The van der Waals surface area contributed by atoms with Crippen molar-refractivity contribution in [3.63, 3.8) is 0 Å². The summed E-state index contributed by atoms with van der Waals surface area (Å²) in [7, 11) is -1.64. The summed E-state index contributed by atoms with van der Waals surface area (Å²) in [6, 6.07) is 11.5. The number of benzene rings is 2. The maximum atomic E-state index is 12.1. The summed E-state index contributed by atoms with van der Waals surface area (Å²) >= 11 is 5.77. The lowest BCUT2D eigenvalue weighted by Gasteiger charge is -2.19. The molecule has 3 rings (SSSR count). The maximum absolute atomic E-state index is 12.1. The number of hydrogen-bond acceptors (Lipinski definition) is 5. The second kappa shape index (κ2) is 8.88. The summed E-state index contributed by atoms with van der Waals surface area (Å²) < 4.78 is 22.9. The average molecular weight is 409 g/mol. The van der Waals surface area contributed by atoms with Crippen molar-refractivity contribution in [2.75, 3.05) is 35.4 Å². The Morgan fingerprint density at radius 2 is 1.44 bits per heavy atom. The van der Waals surface area contributed by atoms with Crippen LogP contribution in [-0.4, -0.2) is 40.7 Å². The first-order valence-electron chi connectivity index (χ1n) is 8.09. The molecule has 1 atom stereocenters. The van der Waals surface area contributed by atoms with Crippen LogP contribution in [0.15, 0.2) is 42.5 Å². The molecule has 27 heavy (non-hydrogen) atoms. The molecule has 9 heteroatoms. The summed E-state index contributed by atoms with van der Waals surface area (Å²) in [5.74, 6) is -0.309. The van der Waals surface area contributed by atoms with E-state index < -0.39 is 22.6 Å². The third kappa shape index (κ3) is 5.70. The van der Waals surface area contributed by atoms with Gasteiger partial charge >= 0.3 is 0 Å². The van der Waals surface area contributed by atoms with E-state index in [9.17, 15) is 13.8 Å². The van der Waals surface area contributed by atoms with E-state index in [4.69, 9.17) is 21.1 Å². The molecule has 0 saturated heterocycles. The van der Waals surface area contributed by atoms with Gasteiger partial charge in [0.2, 0.25) is 11.8 Å². The first kappa shape index (κ1) is 19.2. The lowest BCUT2D eigenvalue weighted by molar-refractivity contribution is -0.114. The molecule has 1 aliphatic heterocycles. The second-order valence-electron chi connectivity index (χ2n) is 5.69. The molecule has 0 bridgehead atoms. The molecule has 0 fully saturated rings. The highest BCUT2D eigenvalue weighted by Crippen LogP contribution is 2.32.